The van der Waals surface area contributed by atoms with Crippen LogP contribution in [-0.4, -0.2) is 15.9 Å². The van der Waals surface area contributed by atoms with Gasteiger partial charge in [0.25, 0.3) is 0 Å². The van der Waals surface area contributed by atoms with Crippen LogP contribution in [0.3, 0.4) is 0 Å². The Labute approximate surface area is 267 Å². The van der Waals surface area contributed by atoms with Crippen LogP contribution in [0.1, 0.15) is 102 Å². The molecule has 1 aromatic heterocycles. The Kier molecular flexibility index (Phi) is 9.90. The summed E-state index contributed by atoms with van der Waals surface area (Å²) in [5.41, 5.74) is 5.48. The summed E-state index contributed by atoms with van der Waals surface area (Å²) in [7, 11) is 0. The molecule has 4 fully saturated rings. The van der Waals surface area contributed by atoms with Crippen LogP contribution in [0.5, 0.6) is 0 Å². The molecule has 4 bridgehead atoms. The van der Waals surface area contributed by atoms with Gasteiger partial charge >= 0.3 is 0 Å². The van der Waals surface area contributed by atoms with Crippen LogP contribution in [-0.2, 0) is 24.9 Å². The van der Waals surface area contributed by atoms with Gasteiger partial charge in [-0.05, 0) is 96.7 Å². The van der Waals surface area contributed by atoms with Gasteiger partial charge in [-0.1, -0.05) is 66.7 Å². The molecule has 1 atom stereocenters. The second kappa shape index (κ2) is 12.7. The van der Waals surface area contributed by atoms with E-state index in [0.717, 1.165) is 60.3 Å². The topological polar surface area (TPSA) is 50.2 Å². The summed E-state index contributed by atoms with van der Waals surface area (Å²) in [6.07, 6.45) is 12.0. The third-order valence-corrected chi connectivity index (χ3v) is 9.96. The number of pyridine rings is 1. The van der Waals surface area contributed by atoms with E-state index in [-0.39, 0.29) is 31.3 Å². The van der Waals surface area contributed by atoms with Crippen molar-refractivity contribution in [1.82, 2.24) is 4.98 Å². The van der Waals surface area contributed by atoms with Gasteiger partial charge in [-0.25, -0.2) is 0 Å². The fraction of sp³-hybridized carbons (Fsp3) is 0.526. The molecule has 1 radical (unpaired) electrons. The van der Waals surface area contributed by atoms with E-state index >= 15 is 0 Å². The molecule has 2 aromatic carbocycles. The predicted molar refractivity (Wildman–Crippen MR) is 170 cm³/mol. The molecule has 1 heterocycles. The number of ketones is 1. The van der Waals surface area contributed by atoms with E-state index in [1.54, 1.807) is 6.08 Å². The molecule has 0 amide bonds. The Morgan fingerprint density at radius 3 is 2.21 bits per heavy atom. The summed E-state index contributed by atoms with van der Waals surface area (Å²) < 4.78 is 0. The molecular weight excluding hydrogens is 695 g/mol. The third kappa shape index (κ3) is 6.92. The smallest absolute Gasteiger partial charge is 0.164 e. The normalized spacial score (nSPS) is 25.4. The molecule has 0 aliphatic heterocycles. The minimum absolute atomic E-state index is 0. The SMILES string of the molecule is CC(C)(C)C(=O)/C=C(\O)C12CC3CC(CC(C3)C1)C2.CCC(C)c1ccc2c(-c3[c-]c(C)cc(C)c3)nccc2c1.[Ir]. The standard InChI is InChI=1S/C21H22N.C17H26O2.Ir/c1-5-16(4)17-6-7-20-18(13-17)8-9-22-21(20)19-11-14(2)10-15(3)12-19;1-16(2,3)14(18)7-15(19)17-8-11-4-12(9-17)6-13(5-11)10-17;/h6-11,13,16H,5H2,1-4H3;7,11-13,19H,4-6,8-10H2,1-3H3;/q-1;;/b;15-7-;. The van der Waals surface area contributed by atoms with Crippen LogP contribution in [0.4, 0.5) is 0 Å². The molecule has 7 rings (SSSR count). The van der Waals surface area contributed by atoms with Crippen LogP contribution in [0.25, 0.3) is 22.0 Å². The quantitative estimate of drug-likeness (QED) is 0.161. The fourth-order valence-electron chi connectivity index (χ4n) is 7.89. The molecule has 1 N–H and O–H groups in total. The average Bonchev–Trinajstić information content (AvgIpc) is 2.90. The van der Waals surface area contributed by atoms with E-state index in [2.05, 4.69) is 75.1 Å². The Morgan fingerprint density at radius 2 is 1.67 bits per heavy atom. The number of aliphatic hydroxyl groups is 1. The molecule has 227 valence electrons. The molecular formula is C38H48IrNO2-. The molecule has 3 nitrogen and oxygen atoms in total. The van der Waals surface area contributed by atoms with Crippen molar-refractivity contribution >= 4 is 16.6 Å². The van der Waals surface area contributed by atoms with Gasteiger partial charge in [-0.15, -0.1) is 34.9 Å². The van der Waals surface area contributed by atoms with Crippen molar-refractivity contribution in [3.8, 4) is 11.3 Å². The molecule has 3 aromatic rings. The van der Waals surface area contributed by atoms with Gasteiger partial charge in [0.1, 0.15) is 5.76 Å². The predicted octanol–water partition coefficient (Wildman–Crippen LogP) is 10.1. The van der Waals surface area contributed by atoms with E-state index in [4.69, 9.17) is 0 Å². The monoisotopic (exact) mass is 743 g/mol. The van der Waals surface area contributed by atoms with Crippen molar-refractivity contribution in [2.24, 2.45) is 28.6 Å². The summed E-state index contributed by atoms with van der Waals surface area (Å²) in [4.78, 5) is 16.8. The summed E-state index contributed by atoms with van der Waals surface area (Å²) in [5.74, 6) is 3.44. The van der Waals surface area contributed by atoms with E-state index in [9.17, 15) is 9.90 Å². The maximum atomic E-state index is 12.1. The number of fused-ring (bicyclic) bond motifs is 1. The number of hydrogen-bond donors (Lipinski definition) is 1. The third-order valence-electron chi connectivity index (χ3n) is 9.96. The van der Waals surface area contributed by atoms with Gasteiger partial charge < -0.3 is 10.1 Å². The first-order chi connectivity index (χ1) is 19.4. The minimum Gasteiger partial charge on any atom is -0.512 e. The van der Waals surface area contributed by atoms with Gasteiger partial charge in [0.15, 0.2) is 5.78 Å². The number of hydrogen-bond acceptors (Lipinski definition) is 3. The maximum Gasteiger partial charge on any atom is 0.164 e. The number of allylic oxidation sites excluding steroid dienone is 2. The molecule has 4 heteroatoms. The number of benzene rings is 2. The van der Waals surface area contributed by atoms with Crippen LogP contribution >= 0.6 is 0 Å². The number of aromatic nitrogens is 1. The summed E-state index contributed by atoms with van der Waals surface area (Å²) in [6, 6.07) is 16.6. The van der Waals surface area contributed by atoms with Gasteiger partial charge in [-0.2, -0.15) is 0 Å². The largest absolute Gasteiger partial charge is 0.512 e. The molecule has 4 saturated carbocycles. The Bertz CT molecular complexity index is 1410. The van der Waals surface area contributed by atoms with Crippen molar-refractivity contribution in [3.05, 3.63) is 77.2 Å². The number of carbonyl (C=O) groups is 1. The van der Waals surface area contributed by atoms with E-state index < -0.39 is 5.41 Å². The van der Waals surface area contributed by atoms with Crippen molar-refractivity contribution in [2.75, 3.05) is 0 Å². The maximum absolute atomic E-state index is 12.1. The number of aliphatic hydroxyl groups excluding tert-OH is 1. The van der Waals surface area contributed by atoms with Crippen LogP contribution < -0.4 is 0 Å². The van der Waals surface area contributed by atoms with Crippen LogP contribution in [0.2, 0.25) is 0 Å². The zero-order valence-corrected chi connectivity index (χ0v) is 28.9. The summed E-state index contributed by atoms with van der Waals surface area (Å²) >= 11 is 0. The number of nitrogens with zero attached hydrogens (tertiary/aromatic N) is 1. The van der Waals surface area contributed by atoms with Crippen molar-refractivity contribution < 1.29 is 30.0 Å². The molecule has 0 saturated heterocycles. The minimum atomic E-state index is -0.393. The van der Waals surface area contributed by atoms with Crippen LogP contribution in [0, 0.1) is 48.5 Å². The van der Waals surface area contributed by atoms with Crippen molar-refractivity contribution in [1.29, 1.82) is 0 Å². The van der Waals surface area contributed by atoms with Gasteiger partial charge in [-0.3, -0.25) is 4.79 Å². The second-order valence-electron chi connectivity index (χ2n) is 14.5. The van der Waals surface area contributed by atoms with Gasteiger partial charge in [0.05, 0.1) is 0 Å². The second-order valence-corrected chi connectivity index (χ2v) is 14.5. The zero-order chi connectivity index (χ0) is 29.5. The Hall–Kier alpha value is -2.29. The first-order valence-corrected chi connectivity index (χ1v) is 15.7. The fourth-order valence-corrected chi connectivity index (χ4v) is 7.89. The van der Waals surface area contributed by atoms with E-state index in [1.165, 1.54) is 41.2 Å². The molecule has 0 spiro atoms. The molecule has 42 heavy (non-hydrogen) atoms. The molecule has 4 aliphatic carbocycles. The number of aryl methyl sites for hydroxylation is 2. The van der Waals surface area contributed by atoms with E-state index in [1.807, 2.05) is 27.0 Å². The van der Waals surface area contributed by atoms with E-state index in [0.29, 0.717) is 11.7 Å². The summed E-state index contributed by atoms with van der Waals surface area (Å²) in [5, 5.41) is 13.1. The van der Waals surface area contributed by atoms with Gasteiger partial charge in [0, 0.05) is 43.2 Å². The van der Waals surface area contributed by atoms with Crippen molar-refractivity contribution in [2.45, 2.75) is 99.3 Å². The first kappa shape index (κ1) is 32.6. The Balaban J connectivity index is 0.000000190. The first-order valence-electron chi connectivity index (χ1n) is 15.7. The summed E-state index contributed by atoms with van der Waals surface area (Å²) in [6.45, 7) is 14.5. The average molecular weight is 743 g/mol. The zero-order valence-electron chi connectivity index (χ0n) is 26.5. The number of rotatable bonds is 5. The molecule has 4 aliphatic rings. The Morgan fingerprint density at radius 1 is 1.05 bits per heavy atom. The number of carbonyl (C=O) groups excluding carboxylic acids is 1. The van der Waals surface area contributed by atoms with Gasteiger partial charge in [0.2, 0.25) is 0 Å². The molecule has 1 unspecified atom stereocenters. The van der Waals surface area contributed by atoms with Crippen LogP contribution in [0.15, 0.2) is 54.4 Å². The van der Waals surface area contributed by atoms with Crippen molar-refractivity contribution in [3.63, 3.8) is 0 Å².